The van der Waals surface area contributed by atoms with Crippen LogP contribution in [0.3, 0.4) is 0 Å². The van der Waals surface area contributed by atoms with Gasteiger partial charge in [0.2, 0.25) is 5.91 Å². The van der Waals surface area contributed by atoms with Crippen molar-refractivity contribution in [3.8, 4) is 0 Å². The number of carbonyl (C=O) groups excluding carboxylic acids is 1. The second kappa shape index (κ2) is 9.14. The van der Waals surface area contributed by atoms with Crippen molar-refractivity contribution in [1.29, 1.82) is 0 Å². The van der Waals surface area contributed by atoms with E-state index in [-0.39, 0.29) is 36.3 Å². The largest absolute Gasteiger partial charge is 0.354 e. The van der Waals surface area contributed by atoms with E-state index in [4.69, 9.17) is 5.73 Å². The fourth-order valence-electron chi connectivity index (χ4n) is 1.20. The predicted octanol–water partition coefficient (Wildman–Crippen LogP) is 1.71. The number of nitrogens with one attached hydrogen (secondary N) is 1. The molecule has 0 unspecified atom stereocenters. The number of hydrogen-bond donors (Lipinski definition) is 2. The molecule has 1 amide bonds. The number of nitrogens with zero attached hydrogens (tertiary/aromatic N) is 1. The van der Waals surface area contributed by atoms with Gasteiger partial charge in [-0.1, -0.05) is 6.07 Å². The third kappa shape index (κ3) is 9.22. The number of aromatic nitrogens is 1. The Bertz CT molecular complexity index is 339. The van der Waals surface area contributed by atoms with Gasteiger partial charge in [-0.2, -0.15) is 0 Å². The molecule has 0 atom stereocenters. The first-order valence-electron chi connectivity index (χ1n) is 5.43. The Hall–Kier alpha value is -0.840. The van der Waals surface area contributed by atoms with Crippen molar-refractivity contribution in [2.24, 2.45) is 5.73 Å². The van der Waals surface area contributed by atoms with Gasteiger partial charge in [0.05, 0.1) is 0 Å². The van der Waals surface area contributed by atoms with Crippen molar-refractivity contribution in [3.05, 3.63) is 30.1 Å². The molecule has 104 valence electrons. The molecule has 0 saturated carbocycles. The molecule has 0 radical (unpaired) electrons. The second-order valence-electron chi connectivity index (χ2n) is 4.59. The molecular weight excluding hydrogens is 273 g/mol. The van der Waals surface area contributed by atoms with Gasteiger partial charge in [0.25, 0.3) is 0 Å². The van der Waals surface area contributed by atoms with Gasteiger partial charge in [-0.15, -0.1) is 24.8 Å². The normalized spacial score (nSPS) is 9.94. The van der Waals surface area contributed by atoms with Crippen molar-refractivity contribution in [2.45, 2.75) is 32.2 Å². The quantitative estimate of drug-likeness (QED) is 0.868. The molecule has 1 heterocycles. The van der Waals surface area contributed by atoms with E-state index in [0.29, 0.717) is 19.4 Å². The number of hydrogen-bond acceptors (Lipinski definition) is 3. The van der Waals surface area contributed by atoms with Crippen LogP contribution in [0.2, 0.25) is 0 Å². The molecule has 0 aromatic carbocycles. The summed E-state index contributed by atoms with van der Waals surface area (Å²) in [7, 11) is 0. The number of aryl methyl sites for hydroxylation is 1. The van der Waals surface area contributed by atoms with Gasteiger partial charge in [0.1, 0.15) is 0 Å². The summed E-state index contributed by atoms with van der Waals surface area (Å²) >= 11 is 0. The summed E-state index contributed by atoms with van der Waals surface area (Å²) < 4.78 is 0. The van der Waals surface area contributed by atoms with E-state index < -0.39 is 0 Å². The minimum Gasteiger partial charge on any atom is -0.354 e. The molecule has 0 fully saturated rings. The second-order valence-corrected chi connectivity index (χ2v) is 4.59. The average Bonchev–Trinajstić information content (AvgIpc) is 2.24. The Kier molecular flexibility index (Phi) is 9.90. The molecule has 3 N–H and O–H groups in total. The lowest BCUT2D eigenvalue weighted by molar-refractivity contribution is -0.121. The average molecular weight is 294 g/mol. The fourth-order valence-corrected chi connectivity index (χ4v) is 1.20. The van der Waals surface area contributed by atoms with Crippen molar-refractivity contribution < 1.29 is 4.79 Å². The summed E-state index contributed by atoms with van der Waals surface area (Å²) in [6, 6.07) is 5.70. The highest BCUT2D eigenvalue weighted by Crippen LogP contribution is 1.99. The zero-order valence-corrected chi connectivity index (χ0v) is 12.3. The summed E-state index contributed by atoms with van der Waals surface area (Å²) in [5.74, 6) is 0.0178. The highest BCUT2D eigenvalue weighted by molar-refractivity contribution is 5.85. The van der Waals surface area contributed by atoms with Crippen LogP contribution >= 0.6 is 24.8 Å². The molecule has 0 saturated heterocycles. The predicted molar refractivity (Wildman–Crippen MR) is 78.3 cm³/mol. The van der Waals surface area contributed by atoms with E-state index in [1.165, 1.54) is 0 Å². The summed E-state index contributed by atoms with van der Waals surface area (Å²) in [4.78, 5) is 15.6. The first kappa shape index (κ1) is 19.5. The Balaban J connectivity index is 0. The van der Waals surface area contributed by atoms with Crippen LogP contribution in [0.15, 0.2) is 24.4 Å². The molecule has 0 bridgehead atoms. The van der Waals surface area contributed by atoms with Crippen LogP contribution in [0, 0.1) is 0 Å². The van der Waals surface area contributed by atoms with Crippen LogP contribution in [-0.2, 0) is 11.2 Å². The minimum absolute atomic E-state index is 0. The van der Waals surface area contributed by atoms with Gasteiger partial charge >= 0.3 is 0 Å². The Morgan fingerprint density at radius 3 is 2.56 bits per heavy atom. The van der Waals surface area contributed by atoms with Crippen molar-refractivity contribution in [1.82, 2.24) is 10.3 Å². The van der Waals surface area contributed by atoms with Crippen LogP contribution in [0.1, 0.15) is 26.0 Å². The van der Waals surface area contributed by atoms with Gasteiger partial charge in [-0.25, -0.2) is 0 Å². The lowest BCUT2D eigenvalue weighted by atomic mass is 10.1. The van der Waals surface area contributed by atoms with Crippen LogP contribution in [-0.4, -0.2) is 23.0 Å². The maximum Gasteiger partial charge on any atom is 0.220 e. The molecule has 0 spiro atoms. The highest BCUT2D eigenvalue weighted by atomic mass is 35.5. The van der Waals surface area contributed by atoms with E-state index in [9.17, 15) is 4.79 Å². The molecule has 18 heavy (non-hydrogen) atoms. The number of amides is 1. The number of pyridine rings is 1. The van der Waals surface area contributed by atoms with E-state index >= 15 is 0 Å². The minimum atomic E-state index is -0.360. The van der Waals surface area contributed by atoms with E-state index in [1.54, 1.807) is 6.20 Å². The molecule has 4 nitrogen and oxygen atoms in total. The van der Waals surface area contributed by atoms with Crippen LogP contribution < -0.4 is 11.1 Å². The van der Waals surface area contributed by atoms with Crippen LogP contribution in [0.5, 0.6) is 0 Å². The molecule has 1 aromatic rings. The van der Waals surface area contributed by atoms with E-state index in [1.807, 2.05) is 32.0 Å². The third-order valence-electron chi connectivity index (χ3n) is 2.08. The smallest absolute Gasteiger partial charge is 0.220 e. The Labute approximate surface area is 121 Å². The van der Waals surface area contributed by atoms with Crippen molar-refractivity contribution in [3.63, 3.8) is 0 Å². The van der Waals surface area contributed by atoms with Crippen LogP contribution in [0.25, 0.3) is 0 Å². The summed E-state index contributed by atoms with van der Waals surface area (Å²) in [5, 5.41) is 2.80. The molecule has 0 aliphatic carbocycles. The number of rotatable bonds is 5. The summed E-state index contributed by atoms with van der Waals surface area (Å²) in [5.41, 5.74) is 6.34. The summed E-state index contributed by atoms with van der Waals surface area (Å²) in [6.45, 7) is 4.26. The number of carbonyl (C=O) groups is 1. The molecule has 0 aliphatic rings. The molecular formula is C12H21Cl2N3O. The highest BCUT2D eigenvalue weighted by Gasteiger charge is 2.11. The number of nitrogens with two attached hydrogens (primary N) is 1. The third-order valence-corrected chi connectivity index (χ3v) is 2.08. The standard InChI is InChI=1S/C12H19N3O.2ClH/c1-12(2,13)9-15-11(16)7-6-10-5-3-4-8-14-10;;/h3-5,8H,6-7,9,13H2,1-2H3,(H,15,16);2*1H. The van der Waals surface area contributed by atoms with Crippen LogP contribution in [0.4, 0.5) is 0 Å². The van der Waals surface area contributed by atoms with Crippen molar-refractivity contribution in [2.75, 3.05) is 6.54 Å². The maximum atomic E-state index is 11.5. The maximum absolute atomic E-state index is 11.5. The van der Waals surface area contributed by atoms with Gasteiger partial charge in [-0.05, 0) is 32.4 Å². The van der Waals surface area contributed by atoms with Crippen molar-refractivity contribution >= 4 is 30.7 Å². The zero-order chi connectivity index (χ0) is 12.0. The fraction of sp³-hybridized carbons (Fsp3) is 0.500. The van der Waals surface area contributed by atoms with E-state index in [0.717, 1.165) is 5.69 Å². The van der Waals surface area contributed by atoms with Gasteiger partial charge < -0.3 is 11.1 Å². The topological polar surface area (TPSA) is 68.0 Å². The number of halogens is 2. The molecule has 0 aliphatic heterocycles. The van der Waals surface area contributed by atoms with Gasteiger partial charge in [0, 0.05) is 30.4 Å². The first-order valence-corrected chi connectivity index (χ1v) is 5.43. The Morgan fingerprint density at radius 2 is 2.06 bits per heavy atom. The first-order chi connectivity index (χ1) is 7.47. The lowest BCUT2D eigenvalue weighted by Gasteiger charge is -2.18. The van der Waals surface area contributed by atoms with Gasteiger partial charge in [-0.3, -0.25) is 9.78 Å². The van der Waals surface area contributed by atoms with Gasteiger partial charge in [0.15, 0.2) is 0 Å². The summed E-state index contributed by atoms with van der Waals surface area (Å²) in [6.07, 6.45) is 2.85. The molecule has 1 rings (SSSR count). The molecule has 1 aromatic heterocycles. The van der Waals surface area contributed by atoms with E-state index in [2.05, 4.69) is 10.3 Å². The Morgan fingerprint density at radius 1 is 1.39 bits per heavy atom. The molecule has 6 heteroatoms. The zero-order valence-electron chi connectivity index (χ0n) is 10.7. The lowest BCUT2D eigenvalue weighted by Crippen LogP contribution is -2.45. The monoisotopic (exact) mass is 293 g/mol. The SMILES string of the molecule is CC(C)(N)CNC(=O)CCc1ccccn1.Cl.Cl.